The topological polar surface area (TPSA) is 51.1 Å². The van der Waals surface area contributed by atoms with Gasteiger partial charge >= 0.3 is 0 Å². The number of hydrogen-bond acceptors (Lipinski definition) is 5. The van der Waals surface area contributed by atoms with Crippen LogP contribution in [0.4, 0.5) is 5.82 Å². The van der Waals surface area contributed by atoms with Gasteiger partial charge in [-0.1, -0.05) is 11.6 Å². The van der Waals surface area contributed by atoms with Crippen LogP contribution >= 0.6 is 11.6 Å². The molecule has 100 valence electrons. The van der Waals surface area contributed by atoms with Crippen LogP contribution in [0.25, 0.3) is 11.0 Å². The van der Waals surface area contributed by atoms with Gasteiger partial charge in [-0.05, 0) is 26.0 Å². The SMILES string of the molecule is Cc1nc(N2CCOCC2C)c2ccc(Cl)nc2n1. The summed E-state index contributed by atoms with van der Waals surface area (Å²) >= 11 is 5.93. The van der Waals surface area contributed by atoms with E-state index in [0.717, 1.165) is 24.4 Å². The molecule has 3 rings (SSSR count). The van der Waals surface area contributed by atoms with Gasteiger partial charge in [0.15, 0.2) is 5.65 Å². The molecule has 1 fully saturated rings. The second kappa shape index (κ2) is 4.90. The predicted octanol–water partition coefficient (Wildman–Crippen LogP) is 2.21. The fourth-order valence-corrected chi connectivity index (χ4v) is 2.48. The first kappa shape index (κ1) is 12.6. The fraction of sp³-hybridized carbons (Fsp3) is 0.462. The average Bonchev–Trinajstić information content (AvgIpc) is 2.38. The summed E-state index contributed by atoms with van der Waals surface area (Å²) in [6.07, 6.45) is 0. The summed E-state index contributed by atoms with van der Waals surface area (Å²) < 4.78 is 5.47. The Bertz CT molecular complexity index is 614. The van der Waals surface area contributed by atoms with E-state index >= 15 is 0 Å². The number of nitrogens with zero attached hydrogens (tertiary/aromatic N) is 4. The van der Waals surface area contributed by atoms with Gasteiger partial charge in [0.05, 0.1) is 24.6 Å². The van der Waals surface area contributed by atoms with Crippen molar-refractivity contribution in [3.05, 3.63) is 23.1 Å². The van der Waals surface area contributed by atoms with Crippen LogP contribution in [0, 0.1) is 6.92 Å². The van der Waals surface area contributed by atoms with Crippen LogP contribution in [-0.2, 0) is 4.74 Å². The Morgan fingerprint density at radius 2 is 2.16 bits per heavy atom. The van der Waals surface area contributed by atoms with E-state index in [-0.39, 0.29) is 0 Å². The zero-order valence-electron chi connectivity index (χ0n) is 10.9. The van der Waals surface area contributed by atoms with E-state index in [9.17, 15) is 0 Å². The lowest BCUT2D eigenvalue weighted by Crippen LogP contribution is -2.44. The molecule has 0 bridgehead atoms. The molecular weight excluding hydrogens is 264 g/mol. The maximum atomic E-state index is 5.93. The van der Waals surface area contributed by atoms with Crippen LogP contribution in [-0.4, -0.2) is 40.8 Å². The van der Waals surface area contributed by atoms with Gasteiger partial charge in [0.2, 0.25) is 0 Å². The molecule has 2 aromatic heterocycles. The van der Waals surface area contributed by atoms with Gasteiger partial charge < -0.3 is 9.64 Å². The normalized spacial score (nSPS) is 19.9. The standard InChI is InChI=1S/C13H15ClN4O/c1-8-7-19-6-5-18(8)13-10-3-4-11(14)17-12(10)15-9(2)16-13/h3-4,8H,5-7H2,1-2H3. The van der Waals surface area contributed by atoms with E-state index in [1.165, 1.54) is 0 Å². The smallest absolute Gasteiger partial charge is 0.166 e. The van der Waals surface area contributed by atoms with E-state index in [0.29, 0.717) is 29.3 Å². The molecule has 1 atom stereocenters. The number of rotatable bonds is 1. The highest BCUT2D eigenvalue weighted by molar-refractivity contribution is 6.29. The molecule has 0 aromatic carbocycles. The molecule has 3 heterocycles. The van der Waals surface area contributed by atoms with Crippen molar-refractivity contribution in [2.24, 2.45) is 0 Å². The lowest BCUT2D eigenvalue weighted by Gasteiger charge is -2.34. The lowest BCUT2D eigenvalue weighted by atomic mass is 10.2. The molecule has 1 saturated heterocycles. The van der Waals surface area contributed by atoms with Gasteiger partial charge in [0, 0.05) is 6.54 Å². The van der Waals surface area contributed by atoms with Crippen molar-refractivity contribution in [1.82, 2.24) is 15.0 Å². The lowest BCUT2D eigenvalue weighted by molar-refractivity contribution is 0.0986. The molecule has 1 aliphatic rings. The van der Waals surface area contributed by atoms with Crippen molar-refractivity contribution in [2.75, 3.05) is 24.7 Å². The molecule has 1 aliphatic heterocycles. The number of hydrogen-bond donors (Lipinski definition) is 0. The Morgan fingerprint density at radius 3 is 2.95 bits per heavy atom. The molecule has 5 nitrogen and oxygen atoms in total. The maximum absolute atomic E-state index is 5.93. The first-order valence-electron chi connectivity index (χ1n) is 6.30. The summed E-state index contributed by atoms with van der Waals surface area (Å²) in [6.45, 7) is 6.26. The van der Waals surface area contributed by atoms with Crippen molar-refractivity contribution in [3.8, 4) is 0 Å². The molecule has 1 unspecified atom stereocenters. The van der Waals surface area contributed by atoms with Gasteiger partial charge in [-0.25, -0.2) is 15.0 Å². The summed E-state index contributed by atoms with van der Waals surface area (Å²) in [5.41, 5.74) is 0.647. The highest BCUT2D eigenvalue weighted by Crippen LogP contribution is 2.26. The molecule has 0 N–H and O–H groups in total. The summed E-state index contributed by atoms with van der Waals surface area (Å²) in [4.78, 5) is 15.5. The number of pyridine rings is 1. The monoisotopic (exact) mass is 278 g/mol. The van der Waals surface area contributed by atoms with Crippen LogP contribution < -0.4 is 4.90 Å². The summed E-state index contributed by atoms with van der Waals surface area (Å²) in [6, 6.07) is 4.00. The Kier molecular flexibility index (Phi) is 3.24. The minimum Gasteiger partial charge on any atom is -0.377 e. The molecule has 2 aromatic rings. The van der Waals surface area contributed by atoms with Crippen molar-refractivity contribution in [3.63, 3.8) is 0 Å². The van der Waals surface area contributed by atoms with Gasteiger partial charge in [-0.3, -0.25) is 0 Å². The number of aromatic nitrogens is 3. The van der Waals surface area contributed by atoms with Crippen LogP contribution in [0.2, 0.25) is 5.15 Å². The number of fused-ring (bicyclic) bond motifs is 1. The highest BCUT2D eigenvalue weighted by atomic mass is 35.5. The molecule has 0 spiro atoms. The van der Waals surface area contributed by atoms with E-state index < -0.39 is 0 Å². The molecule has 6 heteroatoms. The first-order chi connectivity index (χ1) is 9.15. The fourth-order valence-electron chi connectivity index (χ4n) is 2.34. The zero-order valence-corrected chi connectivity index (χ0v) is 11.7. The van der Waals surface area contributed by atoms with Crippen molar-refractivity contribution in [1.29, 1.82) is 0 Å². The van der Waals surface area contributed by atoms with Crippen LogP contribution in [0.15, 0.2) is 12.1 Å². The van der Waals surface area contributed by atoms with E-state index in [1.54, 1.807) is 6.07 Å². The quantitative estimate of drug-likeness (QED) is 0.749. The number of anilines is 1. The third-order valence-corrected chi connectivity index (χ3v) is 3.47. The number of halogens is 1. The molecular formula is C13H15ClN4O. The molecule has 19 heavy (non-hydrogen) atoms. The van der Waals surface area contributed by atoms with Crippen LogP contribution in [0.1, 0.15) is 12.7 Å². The Labute approximate surface area is 116 Å². The predicted molar refractivity (Wildman–Crippen MR) is 74.7 cm³/mol. The largest absolute Gasteiger partial charge is 0.377 e. The van der Waals surface area contributed by atoms with E-state index in [2.05, 4.69) is 26.8 Å². The summed E-state index contributed by atoms with van der Waals surface area (Å²) in [7, 11) is 0. The van der Waals surface area contributed by atoms with E-state index in [4.69, 9.17) is 16.3 Å². The van der Waals surface area contributed by atoms with Gasteiger partial charge in [0.25, 0.3) is 0 Å². The van der Waals surface area contributed by atoms with Gasteiger partial charge in [-0.15, -0.1) is 0 Å². The summed E-state index contributed by atoms with van der Waals surface area (Å²) in [5.74, 6) is 1.62. The first-order valence-corrected chi connectivity index (χ1v) is 6.68. The molecule has 0 saturated carbocycles. The third-order valence-electron chi connectivity index (χ3n) is 3.26. The average molecular weight is 279 g/mol. The van der Waals surface area contributed by atoms with Crippen molar-refractivity contribution < 1.29 is 4.74 Å². The Balaban J connectivity index is 2.16. The zero-order chi connectivity index (χ0) is 13.4. The summed E-state index contributed by atoms with van der Waals surface area (Å²) in [5, 5.41) is 1.38. The number of morpholine rings is 1. The van der Waals surface area contributed by atoms with Gasteiger partial charge in [0.1, 0.15) is 16.8 Å². The van der Waals surface area contributed by atoms with Gasteiger partial charge in [-0.2, -0.15) is 0 Å². The van der Waals surface area contributed by atoms with E-state index in [1.807, 2.05) is 13.0 Å². The van der Waals surface area contributed by atoms with Crippen molar-refractivity contribution >= 4 is 28.5 Å². The van der Waals surface area contributed by atoms with Crippen molar-refractivity contribution in [2.45, 2.75) is 19.9 Å². The van der Waals surface area contributed by atoms with Crippen LogP contribution in [0.5, 0.6) is 0 Å². The Morgan fingerprint density at radius 1 is 1.32 bits per heavy atom. The second-order valence-corrected chi connectivity index (χ2v) is 5.10. The minimum absolute atomic E-state index is 0.293. The molecule has 0 aliphatic carbocycles. The minimum atomic E-state index is 0.293. The maximum Gasteiger partial charge on any atom is 0.166 e. The highest BCUT2D eigenvalue weighted by Gasteiger charge is 2.23. The number of ether oxygens (including phenoxy) is 1. The third kappa shape index (κ3) is 2.35. The number of aryl methyl sites for hydroxylation is 1. The Hall–Kier alpha value is -1.46. The second-order valence-electron chi connectivity index (χ2n) is 4.72. The molecule has 0 amide bonds. The molecule has 0 radical (unpaired) electrons. The van der Waals surface area contributed by atoms with Crippen LogP contribution in [0.3, 0.4) is 0 Å².